The molecule has 0 fully saturated rings. The summed E-state index contributed by atoms with van der Waals surface area (Å²) in [6.45, 7) is 3.61. The molecule has 358 valence electrons. The maximum Gasteiger partial charge on any atom is 0.296 e. The van der Waals surface area contributed by atoms with Gasteiger partial charge in [0.05, 0.1) is 50.5 Å². The number of aryl methyl sites for hydroxylation is 2. The van der Waals surface area contributed by atoms with Gasteiger partial charge in [-0.1, -0.05) is 49.4 Å². The van der Waals surface area contributed by atoms with Gasteiger partial charge in [-0.05, 0) is 127 Å². The Bertz CT molecular complexity index is 3490. The highest BCUT2D eigenvalue weighted by atomic mass is 32.2. The van der Waals surface area contributed by atoms with Crippen molar-refractivity contribution in [3.63, 3.8) is 0 Å². The number of rotatable bonds is 19. The number of azo groups is 4. The lowest BCUT2D eigenvalue weighted by molar-refractivity contribution is 0.481. The van der Waals surface area contributed by atoms with Crippen LogP contribution in [0.25, 0.3) is 0 Å². The van der Waals surface area contributed by atoms with Gasteiger partial charge < -0.3 is 5.32 Å². The van der Waals surface area contributed by atoms with E-state index in [1.54, 1.807) is 67.6 Å². The van der Waals surface area contributed by atoms with Crippen molar-refractivity contribution < 1.29 is 38.9 Å². The van der Waals surface area contributed by atoms with Crippen LogP contribution >= 0.6 is 0 Å². The molecule has 0 saturated carbocycles. The lowest BCUT2D eigenvalue weighted by Gasteiger charge is -2.11. The first-order valence-corrected chi connectivity index (χ1v) is 25.5. The van der Waals surface area contributed by atoms with Crippen molar-refractivity contribution in [1.82, 2.24) is 15.0 Å². The first kappa shape index (κ1) is 50.1. The van der Waals surface area contributed by atoms with Gasteiger partial charge in [-0.25, -0.2) is 4.98 Å². The molecule has 0 aliphatic heterocycles. The molecule has 1 aromatic heterocycles. The van der Waals surface area contributed by atoms with Gasteiger partial charge in [0, 0.05) is 19.4 Å². The standard InChI is InChI=1S/C46H42N12O9S3/c1-3-33-26-32(10-21-41(33)57-54-36-13-11-35(12-14-36)52-53-37-15-18-39(19-16-37)69(62,63)64)28-45-48-44(49-46(50-45)47-23-24-68(59,60)61)27-31-9-20-40(30(2)25-31)56-58-42-22-17-38(29-43(42)70(65,66)67)55-51-34-7-5-4-6-8-34/h4-22,25-26,29H,3,23-24,27-28H2,1-2H3,(H,59,60,61)(H,62,63,64)(H,65,66,67)(H,47,48,49,50). The summed E-state index contributed by atoms with van der Waals surface area (Å²) in [7, 11) is -13.3. The minimum absolute atomic E-state index is 0.107. The zero-order valence-corrected chi connectivity index (χ0v) is 39.6. The van der Waals surface area contributed by atoms with Crippen molar-refractivity contribution in [3.05, 3.63) is 167 Å². The monoisotopic (exact) mass is 1000 g/mol. The van der Waals surface area contributed by atoms with Crippen LogP contribution in [0.15, 0.2) is 184 Å². The molecule has 7 aromatic rings. The van der Waals surface area contributed by atoms with Crippen molar-refractivity contribution >= 4 is 81.8 Å². The first-order chi connectivity index (χ1) is 33.4. The lowest BCUT2D eigenvalue weighted by Crippen LogP contribution is -2.17. The zero-order valence-electron chi connectivity index (χ0n) is 37.2. The fraction of sp³-hybridized carbons (Fsp3) is 0.152. The molecule has 0 unspecified atom stereocenters. The maximum atomic E-state index is 12.3. The molecule has 0 atom stereocenters. The molecule has 0 amide bonds. The van der Waals surface area contributed by atoms with Crippen molar-refractivity contribution in [2.75, 3.05) is 17.6 Å². The van der Waals surface area contributed by atoms with Crippen LogP contribution in [0.5, 0.6) is 0 Å². The number of hydrogen-bond acceptors (Lipinski definition) is 18. The Morgan fingerprint density at radius 3 is 1.54 bits per heavy atom. The highest BCUT2D eigenvalue weighted by Crippen LogP contribution is 2.33. The molecule has 1 heterocycles. The second-order valence-corrected chi connectivity index (χ2v) is 19.6. The zero-order chi connectivity index (χ0) is 49.9. The Labute approximate surface area is 402 Å². The molecule has 70 heavy (non-hydrogen) atoms. The molecular weight excluding hydrogens is 961 g/mol. The molecule has 4 N–H and O–H groups in total. The predicted molar refractivity (Wildman–Crippen MR) is 259 cm³/mol. The van der Waals surface area contributed by atoms with Crippen LogP contribution in [-0.2, 0) is 49.6 Å². The molecule has 24 heteroatoms. The lowest BCUT2D eigenvalue weighted by atomic mass is 10.0. The number of nitrogens with one attached hydrogen (secondary N) is 1. The summed E-state index contributed by atoms with van der Waals surface area (Å²) >= 11 is 0. The summed E-state index contributed by atoms with van der Waals surface area (Å²) in [6.07, 6.45) is 1.13. The van der Waals surface area contributed by atoms with E-state index in [-0.39, 0.29) is 41.6 Å². The number of benzene rings is 6. The van der Waals surface area contributed by atoms with Crippen LogP contribution in [0, 0.1) is 6.92 Å². The van der Waals surface area contributed by atoms with Crippen molar-refractivity contribution in [2.45, 2.75) is 42.9 Å². The molecule has 0 bridgehead atoms. The largest absolute Gasteiger partial charge is 0.353 e. The summed E-state index contributed by atoms with van der Waals surface area (Å²) < 4.78 is 98.5. The minimum Gasteiger partial charge on any atom is -0.353 e. The van der Waals surface area contributed by atoms with E-state index in [0.717, 1.165) is 22.8 Å². The molecule has 0 aliphatic carbocycles. The van der Waals surface area contributed by atoms with Crippen molar-refractivity contribution in [2.24, 2.45) is 40.9 Å². The third kappa shape index (κ3) is 14.6. The molecule has 7 rings (SSSR count). The van der Waals surface area contributed by atoms with Crippen LogP contribution in [0.3, 0.4) is 0 Å². The van der Waals surface area contributed by atoms with Gasteiger partial charge in [-0.15, -0.1) is 5.11 Å². The Morgan fingerprint density at radius 2 is 0.986 bits per heavy atom. The fourth-order valence-corrected chi connectivity index (χ4v) is 7.98. The Balaban J connectivity index is 1.05. The maximum absolute atomic E-state index is 12.3. The van der Waals surface area contributed by atoms with Crippen LogP contribution in [0.2, 0.25) is 0 Å². The summed E-state index contributed by atoms with van der Waals surface area (Å²) in [4.78, 5) is 13.0. The van der Waals surface area contributed by atoms with Crippen molar-refractivity contribution in [1.29, 1.82) is 0 Å². The number of aromatic nitrogens is 3. The highest BCUT2D eigenvalue weighted by molar-refractivity contribution is 7.86. The molecule has 0 saturated heterocycles. The van der Waals surface area contributed by atoms with Crippen LogP contribution in [0.4, 0.5) is 51.4 Å². The van der Waals surface area contributed by atoms with Crippen molar-refractivity contribution in [3.8, 4) is 0 Å². The average molecular weight is 1000 g/mol. The van der Waals surface area contributed by atoms with E-state index < -0.39 is 41.0 Å². The summed E-state index contributed by atoms with van der Waals surface area (Å²) in [5.74, 6) is 0.277. The molecule has 0 radical (unpaired) electrons. The van der Waals surface area contributed by atoms with Gasteiger partial charge in [0.25, 0.3) is 30.4 Å². The van der Waals surface area contributed by atoms with Crippen LogP contribution in [-0.4, -0.2) is 66.2 Å². The van der Waals surface area contributed by atoms with Gasteiger partial charge in [-0.2, -0.15) is 71.0 Å². The molecular formula is C46H42N12O9S3. The topological polar surface area (TPSA) is 313 Å². The Hall–Kier alpha value is -7.74. The molecule has 0 spiro atoms. The minimum atomic E-state index is -4.71. The normalized spacial score (nSPS) is 12.5. The number of hydrogen-bond donors (Lipinski definition) is 4. The van der Waals surface area contributed by atoms with Gasteiger partial charge in [0.1, 0.15) is 22.2 Å². The fourth-order valence-electron chi connectivity index (χ4n) is 6.50. The van der Waals surface area contributed by atoms with Gasteiger partial charge in [0.2, 0.25) is 5.95 Å². The van der Waals surface area contributed by atoms with Gasteiger partial charge in [-0.3, -0.25) is 13.7 Å². The molecule has 6 aromatic carbocycles. The number of anilines is 1. The summed E-state index contributed by atoms with van der Waals surface area (Å²) in [6, 6.07) is 35.9. The smallest absolute Gasteiger partial charge is 0.296 e. The van der Waals surface area contributed by atoms with E-state index in [9.17, 15) is 34.4 Å². The van der Waals surface area contributed by atoms with E-state index in [0.29, 0.717) is 57.8 Å². The second kappa shape index (κ2) is 22.1. The third-order valence-corrected chi connectivity index (χ3v) is 12.4. The number of nitrogens with zero attached hydrogens (tertiary/aromatic N) is 11. The van der Waals surface area contributed by atoms with E-state index in [2.05, 4.69) is 56.2 Å². The first-order valence-electron chi connectivity index (χ1n) is 21.0. The van der Waals surface area contributed by atoms with Crippen LogP contribution in [0.1, 0.15) is 40.8 Å². The molecule has 21 nitrogen and oxygen atoms in total. The van der Waals surface area contributed by atoms with E-state index in [1.165, 1.54) is 36.4 Å². The van der Waals surface area contributed by atoms with Crippen LogP contribution < -0.4 is 5.32 Å². The third-order valence-electron chi connectivity index (χ3n) is 9.94. The quantitative estimate of drug-likeness (QED) is 0.0433. The van der Waals surface area contributed by atoms with E-state index >= 15 is 0 Å². The van der Waals surface area contributed by atoms with E-state index in [4.69, 9.17) is 9.54 Å². The second-order valence-electron chi connectivity index (χ2n) is 15.2. The predicted octanol–water partition coefficient (Wildman–Crippen LogP) is 11.4. The summed E-state index contributed by atoms with van der Waals surface area (Å²) in [5.41, 5.74) is 6.35. The Morgan fingerprint density at radius 1 is 0.500 bits per heavy atom. The van der Waals surface area contributed by atoms with Gasteiger partial charge in [0.15, 0.2) is 0 Å². The van der Waals surface area contributed by atoms with E-state index in [1.807, 2.05) is 37.3 Å². The molecule has 0 aliphatic rings. The van der Waals surface area contributed by atoms with Gasteiger partial charge >= 0.3 is 0 Å². The average Bonchev–Trinajstić information content (AvgIpc) is 3.32. The highest BCUT2D eigenvalue weighted by Gasteiger charge is 2.18. The SMILES string of the molecule is CCc1cc(Cc2nc(Cc3ccc(N=Nc4ccc(N=Nc5ccccc5)cc4S(=O)(=O)O)c(C)c3)nc(NCCS(=O)(=O)O)n2)ccc1N=Nc1ccc(N=Nc2ccc(S(=O)(=O)O)cc2)cc1. The Kier molecular flexibility index (Phi) is 15.9. The summed E-state index contributed by atoms with van der Waals surface area (Å²) in [5, 5.41) is 36.5.